The predicted octanol–water partition coefficient (Wildman–Crippen LogP) is 3.89. The minimum atomic E-state index is -0.259. The van der Waals surface area contributed by atoms with Crippen LogP contribution in [0.3, 0.4) is 0 Å². The highest BCUT2D eigenvalue weighted by molar-refractivity contribution is 7.13. The molecule has 1 heterocycles. The van der Waals surface area contributed by atoms with Gasteiger partial charge in [0, 0.05) is 17.5 Å². The number of amides is 1. The first-order chi connectivity index (χ1) is 10.6. The third-order valence-electron chi connectivity index (χ3n) is 4.17. The number of hydrogen-bond acceptors (Lipinski definition) is 4. The summed E-state index contributed by atoms with van der Waals surface area (Å²) in [6, 6.07) is 7.50. The zero-order chi connectivity index (χ0) is 15.6. The molecular weight excluding hydrogens is 353 g/mol. The van der Waals surface area contributed by atoms with Crippen molar-refractivity contribution in [2.75, 3.05) is 6.54 Å². The van der Waals surface area contributed by atoms with Crippen LogP contribution >= 0.6 is 35.3 Å². The monoisotopic (exact) mass is 371 g/mol. The quantitative estimate of drug-likeness (QED) is 0.856. The maximum atomic E-state index is 12.4. The van der Waals surface area contributed by atoms with Crippen molar-refractivity contribution in [3.8, 4) is 10.6 Å². The molecule has 0 atom stereocenters. The lowest BCUT2D eigenvalue weighted by molar-refractivity contribution is 0.0898. The van der Waals surface area contributed by atoms with Gasteiger partial charge in [0.1, 0.15) is 10.7 Å². The van der Waals surface area contributed by atoms with Gasteiger partial charge in [-0.2, -0.15) is 0 Å². The van der Waals surface area contributed by atoms with Crippen LogP contribution in [0.2, 0.25) is 5.02 Å². The highest BCUT2D eigenvalue weighted by Crippen LogP contribution is 2.31. The van der Waals surface area contributed by atoms with Crippen LogP contribution in [-0.4, -0.2) is 23.0 Å². The number of nitrogens with one attached hydrogen (secondary N) is 1. The smallest absolute Gasteiger partial charge is 0.271 e. The standard InChI is InChI=1S/C16H18ClN3OS.ClH/c17-12-6-2-1-5-11(12)15-19-13(9-22-15)14(21)20-16(10-18)7-3-4-8-16;/h1-2,5-6,9H,3-4,7-8,10,18H2,(H,20,21);1H. The molecule has 1 aliphatic rings. The van der Waals surface area contributed by atoms with E-state index in [-0.39, 0.29) is 23.9 Å². The molecule has 0 unspecified atom stereocenters. The summed E-state index contributed by atoms with van der Waals surface area (Å²) in [6.45, 7) is 0.472. The van der Waals surface area contributed by atoms with Gasteiger partial charge in [-0.15, -0.1) is 23.7 Å². The molecule has 0 bridgehead atoms. The number of hydrogen-bond donors (Lipinski definition) is 2. The van der Waals surface area contributed by atoms with Gasteiger partial charge in [0.15, 0.2) is 0 Å². The van der Waals surface area contributed by atoms with E-state index < -0.39 is 0 Å². The Labute approximate surface area is 150 Å². The highest BCUT2D eigenvalue weighted by Gasteiger charge is 2.34. The molecule has 0 aliphatic heterocycles. The molecular formula is C16H19Cl2N3OS. The molecule has 1 aliphatic carbocycles. The van der Waals surface area contributed by atoms with E-state index >= 15 is 0 Å². The first-order valence-electron chi connectivity index (χ1n) is 7.37. The van der Waals surface area contributed by atoms with E-state index in [2.05, 4.69) is 10.3 Å². The lowest BCUT2D eigenvalue weighted by atomic mass is 9.98. The number of nitrogens with two attached hydrogens (primary N) is 1. The van der Waals surface area contributed by atoms with Gasteiger partial charge in [-0.3, -0.25) is 4.79 Å². The Morgan fingerprint density at radius 1 is 1.35 bits per heavy atom. The first-order valence-corrected chi connectivity index (χ1v) is 8.62. The number of thiazole rings is 1. The van der Waals surface area contributed by atoms with Crippen molar-refractivity contribution in [1.29, 1.82) is 0 Å². The SMILES string of the molecule is Cl.NCC1(NC(=O)c2csc(-c3ccccc3Cl)n2)CCCC1. The summed E-state index contributed by atoms with van der Waals surface area (Å²) in [5, 5.41) is 6.25. The molecule has 1 aromatic carbocycles. The van der Waals surface area contributed by atoms with Crippen molar-refractivity contribution in [3.05, 3.63) is 40.4 Å². The zero-order valence-electron chi connectivity index (χ0n) is 12.5. The maximum Gasteiger partial charge on any atom is 0.271 e. The summed E-state index contributed by atoms with van der Waals surface area (Å²) in [4.78, 5) is 16.9. The van der Waals surface area contributed by atoms with Crippen LogP contribution in [0.5, 0.6) is 0 Å². The fourth-order valence-corrected chi connectivity index (χ4v) is 3.99. The summed E-state index contributed by atoms with van der Waals surface area (Å²) < 4.78 is 0. The van der Waals surface area contributed by atoms with Crippen molar-refractivity contribution in [2.45, 2.75) is 31.2 Å². The Morgan fingerprint density at radius 3 is 2.70 bits per heavy atom. The van der Waals surface area contributed by atoms with Crippen LogP contribution in [-0.2, 0) is 0 Å². The number of aromatic nitrogens is 1. The molecule has 1 saturated carbocycles. The molecule has 0 saturated heterocycles. The molecule has 0 radical (unpaired) electrons. The number of carbonyl (C=O) groups excluding carboxylic acids is 1. The number of carbonyl (C=O) groups is 1. The topological polar surface area (TPSA) is 68.0 Å². The van der Waals surface area contributed by atoms with Gasteiger partial charge in [0.25, 0.3) is 5.91 Å². The number of benzene rings is 1. The summed E-state index contributed by atoms with van der Waals surface area (Å²) in [5.41, 5.74) is 6.88. The predicted molar refractivity (Wildman–Crippen MR) is 97.5 cm³/mol. The molecule has 1 amide bonds. The van der Waals surface area contributed by atoms with Crippen LogP contribution in [0, 0.1) is 0 Å². The Kier molecular flexibility index (Phi) is 6.03. The fraction of sp³-hybridized carbons (Fsp3) is 0.375. The Balaban J connectivity index is 0.00000192. The Bertz CT molecular complexity index is 683. The van der Waals surface area contributed by atoms with Gasteiger partial charge in [0.05, 0.1) is 10.6 Å². The van der Waals surface area contributed by atoms with Crippen LogP contribution in [0.15, 0.2) is 29.6 Å². The van der Waals surface area contributed by atoms with Crippen molar-refractivity contribution >= 4 is 41.3 Å². The summed E-state index contributed by atoms with van der Waals surface area (Å²) >= 11 is 7.60. The molecule has 23 heavy (non-hydrogen) atoms. The normalized spacial score (nSPS) is 15.9. The van der Waals surface area contributed by atoms with Crippen LogP contribution < -0.4 is 11.1 Å². The van der Waals surface area contributed by atoms with E-state index in [1.807, 2.05) is 24.3 Å². The molecule has 1 fully saturated rings. The molecule has 4 nitrogen and oxygen atoms in total. The lowest BCUT2D eigenvalue weighted by Crippen LogP contribution is -2.51. The summed E-state index contributed by atoms with van der Waals surface area (Å²) in [7, 11) is 0. The molecule has 1 aromatic heterocycles. The molecule has 7 heteroatoms. The second-order valence-corrected chi connectivity index (χ2v) is 6.93. The first kappa shape index (κ1) is 18.2. The fourth-order valence-electron chi connectivity index (χ4n) is 2.87. The average Bonchev–Trinajstić information content (AvgIpc) is 3.17. The minimum absolute atomic E-state index is 0. The second kappa shape index (κ2) is 7.62. The van der Waals surface area contributed by atoms with Crippen molar-refractivity contribution in [2.24, 2.45) is 5.73 Å². The van der Waals surface area contributed by atoms with E-state index in [9.17, 15) is 4.79 Å². The number of rotatable bonds is 4. The second-order valence-electron chi connectivity index (χ2n) is 5.66. The molecule has 3 rings (SSSR count). The average molecular weight is 372 g/mol. The van der Waals surface area contributed by atoms with Crippen molar-refractivity contribution < 1.29 is 4.79 Å². The lowest BCUT2D eigenvalue weighted by Gasteiger charge is -2.28. The van der Waals surface area contributed by atoms with E-state index in [0.717, 1.165) is 36.3 Å². The Morgan fingerprint density at radius 2 is 2.04 bits per heavy atom. The number of nitrogens with zero attached hydrogens (tertiary/aromatic N) is 1. The Hall–Kier alpha value is -1.14. The number of halogens is 2. The van der Waals surface area contributed by atoms with Crippen LogP contribution in [0.1, 0.15) is 36.2 Å². The van der Waals surface area contributed by atoms with Gasteiger partial charge >= 0.3 is 0 Å². The largest absolute Gasteiger partial charge is 0.344 e. The van der Waals surface area contributed by atoms with Gasteiger partial charge < -0.3 is 11.1 Å². The van der Waals surface area contributed by atoms with Gasteiger partial charge in [-0.05, 0) is 18.9 Å². The van der Waals surface area contributed by atoms with Crippen LogP contribution in [0.4, 0.5) is 0 Å². The molecule has 3 N–H and O–H groups in total. The highest BCUT2D eigenvalue weighted by atomic mass is 35.5. The van der Waals surface area contributed by atoms with E-state index in [1.54, 1.807) is 5.38 Å². The molecule has 0 spiro atoms. The summed E-state index contributed by atoms with van der Waals surface area (Å²) in [5.74, 6) is -0.151. The zero-order valence-corrected chi connectivity index (χ0v) is 14.9. The van der Waals surface area contributed by atoms with Crippen molar-refractivity contribution in [3.63, 3.8) is 0 Å². The minimum Gasteiger partial charge on any atom is -0.344 e. The van der Waals surface area contributed by atoms with Crippen molar-refractivity contribution in [1.82, 2.24) is 10.3 Å². The third kappa shape index (κ3) is 3.86. The third-order valence-corrected chi connectivity index (χ3v) is 5.38. The molecule has 124 valence electrons. The summed E-state index contributed by atoms with van der Waals surface area (Å²) in [6.07, 6.45) is 4.10. The van der Waals surface area contributed by atoms with E-state index in [1.165, 1.54) is 11.3 Å². The maximum absolute atomic E-state index is 12.4. The van der Waals surface area contributed by atoms with E-state index in [0.29, 0.717) is 17.3 Å². The van der Waals surface area contributed by atoms with Gasteiger partial charge in [0.2, 0.25) is 0 Å². The van der Waals surface area contributed by atoms with Gasteiger partial charge in [-0.25, -0.2) is 4.98 Å². The van der Waals surface area contributed by atoms with E-state index in [4.69, 9.17) is 17.3 Å². The van der Waals surface area contributed by atoms with Gasteiger partial charge in [-0.1, -0.05) is 42.6 Å². The molecule has 2 aromatic rings. The van der Waals surface area contributed by atoms with Crippen LogP contribution in [0.25, 0.3) is 10.6 Å².